The zero-order chi connectivity index (χ0) is 17.2. The fraction of sp³-hybridized carbons (Fsp3) is 0.133. The maximum absolute atomic E-state index is 11.9. The van der Waals surface area contributed by atoms with Crippen LogP contribution in [0.1, 0.15) is 10.7 Å². The molecule has 0 aliphatic carbocycles. The normalized spacial score (nSPS) is 11.1. The third-order valence-electron chi connectivity index (χ3n) is 3.17. The Labute approximate surface area is 154 Å². The Balaban J connectivity index is 1.45. The summed E-state index contributed by atoms with van der Waals surface area (Å²) in [4.78, 5) is 16.8. The van der Waals surface area contributed by atoms with Crippen LogP contribution < -0.4 is 10.9 Å². The van der Waals surface area contributed by atoms with Gasteiger partial charge in [-0.05, 0) is 19.1 Å². The van der Waals surface area contributed by atoms with Gasteiger partial charge in [0, 0.05) is 17.4 Å². The Morgan fingerprint density at radius 3 is 2.88 bits per heavy atom. The van der Waals surface area contributed by atoms with Crippen molar-refractivity contribution in [2.45, 2.75) is 17.0 Å². The van der Waals surface area contributed by atoms with Gasteiger partial charge in [-0.1, -0.05) is 52.6 Å². The number of aromatic nitrogens is 5. The van der Waals surface area contributed by atoms with Gasteiger partial charge in [0.15, 0.2) is 4.34 Å². The van der Waals surface area contributed by atoms with E-state index in [0.29, 0.717) is 16.4 Å². The smallest absolute Gasteiger partial charge is 0.275 e. The first kappa shape index (κ1) is 16.2. The number of para-hydroxylation sites is 1. The van der Waals surface area contributed by atoms with Crippen LogP contribution in [0, 0.1) is 6.92 Å². The quantitative estimate of drug-likeness (QED) is 0.525. The minimum absolute atomic E-state index is 0.153. The van der Waals surface area contributed by atoms with E-state index in [9.17, 15) is 4.79 Å². The summed E-state index contributed by atoms with van der Waals surface area (Å²) in [5.74, 6) is 0.618. The van der Waals surface area contributed by atoms with E-state index in [0.717, 1.165) is 20.2 Å². The minimum Gasteiger partial charge on any atom is -0.330 e. The summed E-state index contributed by atoms with van der Waals surface area (Å²) < 4.78 is 2.19. The molecule has 0 atom stereocenters. The van der Waals surface area contributed by atoms with E-state index in [-0.39, 0.29) is 5.56 Å². The van der Waals surface area contributed by atoms with E-state index in [1.54, 1.807) is 6.92 Å². The van der Waals surface area contributed by atoms with Gasteiger partial charge >= 0.3 is 0 Å². The molecule has 126 valence electrons. The highest BCUT2D eigenvalue weighted by atomic mass is 32.2. The summed E-state index contributed by atoms with van der Waals surface area (Å²) in [6.07, 6.45) is 0. The summed E-state index contributed by atoms with van der Waals surface area (Å²) in [6, 6.07) is 11.3. The molecule has 0 aliphatic rings. The van der Waals surface area contributed by atoms with Gasteiger partial charge in [-0.2, -0.15) is 9.61 Å². The molecule has 10 heteroatoms. The first-order valence-electron chi connectivity index (χ1n) is 7.32. The lowest BCUT2D eigenvalue weighted by molar-refractivity contribution is 0.870. The fourth-order valence-corrected chi connectivity index (χ4v) is 4.81. The number of rotatable bonds is 5. The van der Waals surface area contributed by atoms with Gasteiger partial charge in [-0.25, -0.2) is 4.98 Å². The van der Waals surface area contributed by atoms with Gasteiger partial charge in [0.1, 0.15) is 5.01 Å². The van der Waals surface area contributed by atoms with Crippen LogP contribution in [0.3, 0.4) is 0 Å². The van der Waals surface area contributed by atoms with Crippen molar-refractivity contribution in [2.75, 3.05) is 5.32 Å². The van der Waals surface area contributed by atoms with E-state index in [1.165, 1.54) is 45.0 Å². The zero-order valence-corrected chi connectivity index (χ0v) is 15.5. The number of nitrogens with one attached hydrogen (secondary N) is 1. The Morgan fingerprint density at radius 1 is 1.20 bits per heavy atom. The lowest BCUT2D eigenvalue weighted by Gasteiger charge is -1.99. The minimum atomic E-state index is -0.153. The molecule has 0 bridgehead atoms. The van der Waals surface area contributed by atoms with Crippen molar-refractivity contribution in [3.05, 3.63) is 57.5 Å². The standard InChI is InChI=1S/C15H12N6OS3/c1-9-7-12(22)21-14(16-9)24-11(20-21)8-23-15-19-18-13(25-15)17-10-5-3-2-4-6-10/h2-7H,8H2,1H3,(H,17,18). The summed E-state index contributed by atoms with van der Waals surface area (Å²) >= 11 is 4.44. The van der Waals surface area contributed by atoms with Crippen molar-refractivity contribution >= 4 is 50.2 Å². The second-order valence-corrected chi connectivity index (χ2v) is 8.32. The first-order chi connectivity index (χ1) is 12.2. The summed E-state index contributed by atoms with van der Waals surface area (Å²) in [5, 5.41) is 17.4. The van der Waals surface area contributed by atoms with Crippen LogP contribution in [-0.2, 0) is 5.75 Å². The topological polar surface area (TPSA) is 85.1 Å². The van der Waals surface area contributed by atoms with Crippen molar-refractivity contribution in [1.29, 1.82) is 0 Å². The second kappa shape index (κ2) is 6.90. The van der Waals surface area contributed by atoms with Crippen LogP contribution in [0.15, 0.2) is 45.5 Å². The predicted molar refractivity (Wildman–Crippen MR) is 101 cm³/mol. The van der Waals surface area contributed by atoms with Gasteiger partial charge in [0.05, 0.1) is 5.75 Å². The highest BCUT2D eigenvalue weighted by molar-refractivity contribution is 8.00. The van der Waals surface area contributed by atoms with Crippen molar-refractivity contribution < 1.29 is 0 Å². The van der Waals surface area contributed by atoms with Gasteiger partial charge in [-0.3, -0.25) is 4.79 Å². The summed E-state index contributed by atoms with van der Waals surface area (Å²) in [5.41, 5.74) is 1.52. The molecular formula is C15H12N6OS3. The largest absolute Gasteiger partial charge is 0.330 e. The number of thioether (sulfide) groups is 1. The van der Waals surface area contributed by atoms with Crippen molar-refractivity contribution in [2.24, 2.45) is 0 Å². The molecule has 7 nitrogen and oxygen atoms in total. The fourth-order valence-electron chi connectivity index (χ4n) is 2.11. The van der Waals surface area contributed by atoms with Crippen LogP contribution in [-0.4, -0.2) is 24.8 Å². The lowest BCUT2D eigenvalue weighted by Crippen LogP contribution is -2.14. The number of fused-ring (bicyclic) bond motifs is 1. The van der Waals surface area contributed by atoms with Gasteiger partial charge in [0.2, 0.25) is 10.1 Å². The predicted octanol–water partition coefficient (Wildman–Crippen LogP) is 3.35. The number of hydrogen-bond donors (Lipinski definition) is 1. The average molecular weight is 389 g/mol. The monoisotopic (exact) mass is 388 g/mol. The van der Waals surface area contributed by atoms with Gasteiger partial charge in [0.25, 0.3) is 5.56 Å². The third-order valence-corrected chi connectivity index (χ3v) is 6.24. The van der Waals surface area contributed by atoms with E-state index >= 15 is 0 Å². The number of anilines is 2. The highest BCUT2D eigenvalue weighted by Crippen LogP contribution is 2.30. The zero-order valence-electron chi connectivity index (χ0n) is 13.0. The maximum atomic E-state index is 11.9. The van der Waals surface area contributed by atoms with E-state index < -0.39 is 0 Å². The molecule has 0 saturated heterocycles. The average Bonchev–Trinajstić information content (AvgIpc) is 3.20. The molecule has 0 unspecified atom stereocenters. The molecular weight excluding hydrogens is 376 g/mol. The summed E-state index contributed by atoms with van der Waals surface area (Å²) in [6.45, 7) is 1.80. The Kier molecular flexibility index (Phi) is 4.47. The lowest BCUT2D eigenvalue weighted by atomic mass is 10.3. The molecule has 0 amide bonds. The van der Waals surface area contributed by atoms with Gasteiger partial charge < -0.3 is 5.32 Å². The molecule has 0 aliphatic heterocycles. The maximum Gasteiger partial charge on any atom is 0.275 e. The molecule has 0 spiro atoms. The molecule has 1 aromatic carbocycles. The molecule has 0 saturated carbocycles. The number of hydrogen-bond acceptors (Lipinski definition) is 9. The Morgan fingerprint density at radius 2 is 2.04 bits per heavy atom. The highest BCUT2D eigenvalue weighted by Gasteiger charge is 2.10. The van der Waals surface area contributed by atoms with Crippen LogP contribution in [0.4, 0.5) is 10.8 Å². The number of aryl methyl sites for hydroxylation is 1. The van der Waals surface area contributed by atoms with Crippen molar-refractivity contribution in [1.82, 2.24) is 24.8 Å². The number of benzene rings is 1. The second-order valence-electron chi connectivity index (χ2n) is 5.08. The van der Waals surface area contributed by atoms with Gasteiger partial charge in [-0.15, -0.1) is 10.2 Å². The van der Waals surface area contributed by atoms with Crippen molar-refractivity contribution in [3.8, 4) is 0 Å². The molecule has 4 aromatic rings. The molecule has 25 heavy (non-hydrogen) atoms. The molecule has 1 N–H and O–H groups in total. The Hall–Kier alpha value is -2.30. The molecule has 3 heterocycles. The van der Waals surface area contributed by atoms with Crippen LogP contribution in [0.25, 0.3) is 4.96 Å². The van der Waals surface area contributed by atoms with Crippen LogP contribution >= 0.6 is 34.4 Å². The molecule has 0 fully saturated rings. The summed E-state index contributed by atoms with van der Waals surface area (Å²) in [7, 11) is 0. The first-order valence-corrected chi connectivity index (χ1v) is 9.94. The van der Waals surface area contributed by atoms with E-state index in [2.05, 4.69) is 25.6 Å². The van der Waals surface area contributed by atoms with Crippen LogP contribution in [0.2, 0.25) is 0 Å². The molecule has 0 radical (unpaired) electrons. The van der Waals surface area contributed by atoms with E-state index in [4.69, 9.17) is 0 Å². The molecule has 4 rings (SSSR count). The van der Waals surface area contributed by atoms with E-state index in [1.807, 2.05) is 30.3 Å². The molecule has 3 aromatic heterocycles. The van der Waals surface area contributed by atoms with Crippen molar-refractivity contribution in [3.63, 3.8) is 0 Å². The third kappa shape index (κ3) is 3.70. The number of nitrogens with zero attached hydrogens (tertiary/aromatic N) is 5. The SMILES string of the molecule is Cc1cc(=O)n2nc(CSc3nnc(Nc4ccccc4)s3)sc2n1. The Bertz CT molecular complexity index is 1070. The van der Waals surface area contributed by atoms with Crippen LogP contribution in [0.5, 0.6) is 0 Å².